The van der Waals surface area contributed by atoms with Crippen molar-refractivity contribution in [2.75, 3.05) is 5.73 Å². The number of aromatic nitrogens is 4. The van der Waals surface area contributed by atoms with Crippen LogP contribution in [0.1, 0.15) is 46.7 Å². The monoisotopic (exact) mass is 262 g/mol. The molecule has 2 aromatic heterocycles. The van der Waals surface area contributed by atoms with Crippen molar-refractivity contribution < 1.29 is 9.32 Å². The summed E-state index contributed by atoms with van der Waals surface area (Å²) in [5.74, 6) is 0.950. The van der Waals surface area contributed by atoms with Gasteiger partial charge in [0.05, 0.1) is 17.9 Å². The van der Waals surface area contributed by atoms with Crippen molar-refractivity contribution in [3.8, 4) is 0 Å². The molecule has 4 N–H and O–H groups in total. The molecule has 0 aromatic carbocycles. The molecule has 0 spiro atoms. The molecule has 2 heterocycles. The summed E-state index contributed by atoms with van der Waals surface area (Å²) in [5, 5.41) is 13.1. The fourth-order valence-electron chi connectivity index (χ4n) is 1.87. The molecule has 1 aliphatic rings. The van der Waals surface area contributed by atoms with Gasteiger partial charge in [-0.1, -0.05) is 5.16 Å². The van der Waals surface area contributed by atoms with Crippen LogP contribution < -0.4 is 11.1 Å². The predicted molar refractivity (Wildman–Crippen MR) is 65.2 cm³/mol. The highest BCUT2D eigenvalue weighted by Crippen LogP contribution is 2.42. The molecular formula is C11H14N6O2. The second kappa shape index (κ2) is 4.38. The average molecular weight is 262 g/mol. The summed E-state index contributed by atoms with van der Waals surface area (Å²) in [6.07, 6.45) is 2.18. The highest BCUT2D eigenvalue weighted by atomic mass is 16.5. The van der Waals surface area contributed by atoms with Crippen molar-refractivity contribution in [2.24, 2.45) is 0 Å². The number of aromatic amines is 1. The van der Waals surface area contributed by atoms with Crippen molar-refractivity contribution in [1.82, 2.24) is 25.7 Å². The minimum Gasteiger partial charge on any atom is -0.395 e. The van der Waals surface area contributed by atoms with Crippen molar-refractivity contribution in [3.05, 3.63) is 23.1 Å². The number of hydrogen-bond donors (Lipinski definition) is 3. The van der Waals surface area contributed by atoms with Gasteiger partial charge in [-0.15, -0.1) is 0 Å². The lowest BCUT2D eigenvalue weighted by atomic mass is 10.2. The lowest BCUT2D eigenvalue weighted by Crippen LogP contribution is -2.24. The van der Waals surface area contributed by atoms with E-state index in [0.717, 1.165) is 18.5 Å². The number of nitrogens with zero attached hydrogens (tertiary/aromatic N) is 3. The Balaban J connectivity index is 1.66. The molecule has 2 aromatic rings. The topological polar surface area (TPSA) is 123 Å². The molecule has 1 saturated carbocycles. The zero-order chi connectivity index (χ0) is 13.4. The second-order valence-corrected chi connectivity index (χ2v) is 4.59. The first-order valence-electron chi connectivity index (χ1n) is 6.06. The van der Waals surface area contributed by atoms with Crippen molar-refractivity contribution in [1.29, 1.82) is 0 Å². The summed E-state index contributed by atoms with van der Waals surface area (Å²) >= 11 is 0. The maximum Gasteiger partial charge on any atom is 0.274 e. The number of carbonyl (C=O) groups is 1. The quantitative estimate of drug-likeness (QED) is 0.736. The Bertz CT molecular complexity index is 612. The van der Waals surface area contributed by atoms with Crippen LogP contribution in [0.4, 0.5) is 5.69 Å². The van der Waals surface area contributed by atoms with E-state index in [1.54, 1.807) is 6.92 Å². The van der Waals surface area contributed by atoms with E-state index in [9.17, 15) is 4.79 Å². The molecular weight excluding hydrogens is 248 g/mol. The third kappa shape index (κ3) is 2.28. The molecule has 0 bridgehead atoms. The molecule has 0 atom stereocenters. The van der Waals surface area contributed by atoms with Gasteiger partial charge in [0.1, 0.15) is 0 Å². The van der Waals surface area contributed by atoms with Gasteiger partial charge in [0.2, 0.25) is 5.89 Å². The molecule has 100 valence electrons. The zero-order valence-electron chi connectivity index (χ0n) is 10.4. The molecule has 1 amide bonds. The minimum atomic E-state index is -0.350. The Kier molecular flexibility index (Phi) is 2.69. The molecule has 3 rings (SSSR count). The van der Waals surface area contributed by atoms with E-state index in [1.165, 1.54) is 0 Å². The van der Waals surface area contributed by atoms with Gasteiger partial charge in [-0.3, -0.25) is 9.89 Å². The number of aryl methyl sites for hydroxylation is 1. The van der Waals surface area contributed by atoms with Gasteiger partial charge >= 0.3 is 0 Å². The van der Waals surface area contributed by atoms with Gasteiger partial charge in [-0.2, -0.15) is 10.1 Å². The number of nitrogen functional groups attached to an aromatic ring is 1. The van der Waals surface area contributed by atoms with Gasteiger partial charge in [-0.25, -0.2) is 0 Å². The van der Waals surface area contributed by atoms with E-state index in [0.29, 0.717) is 23.3 Å². The lowest BCUT2D eigenvalue weighted by molar-refractivity contribution is 0.0942. The largest absolute Gasteiger partial charge is 0.395 e. The van der Waals surface area contributed by atoms with Crippen LogP contribution in [0.25, 0.3) is 0 Å². The molecule has 1 fully saturated rings. The number of hydrogen-bond acceptors (Lipinski definition) is 6. The summed E-state index contributed by atoms with van der Waals surface area (Å²) in [4.78, 5) is 15.9. The van der Waals surface area contributed by atoms with Crippen LogP contribution in [0.3, 0.4) is 0 Å². The number of rotatable bonds is 4. The smallest absolute Gasteiger partial charge is 0.274 e. The third-order valence-electron chi connectivity index (χ3n) is 3.00. The van der Waals surface area contributed by atoms with Crippen LogP contribution in [0.5, 0.6) is 0 Å². The van der Waals surface area contributed by atoms with Crippen molar-refractivity contribution >= 4 is 11.6 Å². The standard InChI is InChI=1S/C11H14N6O2/c1-5-14-7(19-17-5)4-13-11(18)10-8(12)9(15-16-10)6-2-3-6/h6H,2-4,12H2,1H3,(H,13,18)(H,15,16). The highest BCUT2D eigenvalue weighted by molar-refractivity contribution is 5.97. The van der Waals surface area contributed by atoms with Crippen LogP contribution in [0, 0.1) is 6.92 Å². The fourth-order valence-corrected chi connectivity index (χ4v) is 1.87. The van der Waals surface area contributed by atoms with Crippen molar-refractivity contribution in [2.45, 2.75) is 32.2 Å². The summed E-state index contributed by atoms with van der Waals surface area (Å²) in [7, 11) is 0. The molecule has 1 aliphatic carbocycles. The van der Waals surface area contributed by atoms with Crippen LogP contribution in [0.15, 0.2) is 4.52 Å². The number of nitrogens with two attached hydrogens (primary N) is 1. The SMILES string of the molecule is Cc1noc(CNC(=O)c2n[nH]c(C3CC3)c2N)n1. The number of H-pyrrole nitrogens is 1. The summed E-state index contributed by atoms with van der Waals surface area (Å²) in [5.41, 5.74) is 7.42. The number of nitrogens with one attached hydrogen (secondary N) is 2. The Morgan fingerprint density at radius 1 is 1.58 bits per heavy atom. The van der Waals surface area contributed by atoms with Gasteiger partial charge < -0.3 is 15.6 Å². The highest BCUT2D eigenvalue weighted by Gasteiger charge is 2.30. The van der Waals surface area contributed by atoms with Gasteiger partial charge in [-0.05, 0) is 19.8 Å². The van der Waals surface area contributed by atoms with Gasteiger partial charge in [0.25, 0.3) is 5.91 Å². The first kappa shape index (κ1) is 11.7. The molecule has 8 nitrogen and oxygen atoms in total. The molecule has 19 heavy (non-hydrogen) atoms. The molecule has 0 saturated heterocycles. The number of carbonyl (C=O) groups excluding carboxylic acids is 1. The van der Waals surface area contributed by atoms with E-state index < -0.39 is 0 Å². The van der Waals surface area contributed by atoms with Gasteiger partial charge in [0, 0.05) is 5.92 Å². The Labute approximate surface area is 108 Å². The molecule has 8 heteroatoms. The zero-order valence-corrected chi connectivity index (χ0v) is 10.4. The Hall–Kier alpha value is -2.38. The Morgan fingerprint density at radius 2 is 2.37 bits per heavy atom. The van der Waals surface area contributed by atoms with Crippen LogP contribution >= 0.6 is 0 Å². The Morgan fingerprint density at radius 3 is 3.00 bits per heavy atom. The average Bonchev–Trinajstić information content (AvgIpc) is 3.03. The van der Waals surface area contributed by atoms with E-state index in [-0.39, 0.29) is 18.1 Å². The second-order valence-electron chi connectivity index (χ2n) is 4.59. The predicted octanol–water partition coefficient (Wildman–Crippen LogP) is 0.491. The summed E-state index contributed by atoms with van der Waals surface area (Å²) in [6.45, 7) is 1.87. The third-order valence-corrected chi connectivity index (χ3v) is 3.00. The van der Waals surface area contributed by atoms with E-state index in [1.807, 2.05) is 0 Å². The number of anilines is 1. The molecule has 0 radical (unpaired) electrons. The summed E-state index contributed by atoms with van der Waals surface area (Å²) < 4.78 is 4.90. The number of amides is 1. The summed E-state index contributed by atoms with van der Waals surface area (Å²) in [6, 6.07) is 0. The first-order valence-corrected chi connectivity index (χ1v) is 6.06. The van der Waals surface area contributed by atoms with Crippen LogP contribution in [-0.4, -0.2) is 26.2 Å². The van der Waals surface area contributed by atoms with E-state index >= 15 is 0 Å². The lowest BCUT2D eigenvalue weighted by Gasteiger charge is -2.00. The maximum absolute atomic E-state index is 11.9. The maximum atomic E-state index is 11.9. The van der Waals surface area contributed by atoms with Crippen LogP contribution in [0.2, 0.25) is 0 Å². The molecule has 0 unspecified atom stereocenters. The first-order chi connectivity index (χ1) is 9.15. The van der Waals surface area contributed by atoms with E-state index in [4.69, 9.17) is 10.3 Å². The fraction of sp³-hybridized carbons (Fsp3) is 0.455. The molecule has 0 aliphatic heterocycles. The minimum absolute atomic E-state index is 0.157. The van der Waals surface area contributed by atoms with E-state index in [2.05, 4.69) is 25.7 Å². The van der Waals surface area contributed by atoms with Crippen LogP contribution in [-0.2, 0) is 6.54 Å². The van der Waals surface area contributed by atoms with Crippen molar-refractivity contribution in [3.63, 3.8) is 0 Å². The van der Waals surface area contributed by atoms with Gasteiger partial charge in [0.15, 0.2) is 11.5 Å². The normalized spacial score (nSPS) is 14.6.